The van der Waals surface area contributed by atoms with E-state index in [0.717, 1.165) is 12.4 Å². The van der Waals surface area contributed by atoms with Crippen LogP contribution in [-0.4, -0.2) is 41.8 Å². The van der Waals surface area contributed by atoms with Gasteiger partial charge in [-0.25, -0.2) is 8.42 Å². The number of amides is 1. The molecule has 1 saturated heterocycles. The van der Waals surface area contributed by atoms with Crippen molar-refractivity contribution in [3.8, 4) is 0 Å². The van der Waals surface area contributed by atoms with E-state index in [9.17, 15) is 22.0 Å². The molecular weight excluding hydrogens is 292 g/mol. The largest absolute Gasteiger partial charge is 0.367 e. The SMILES string of the molecule is C[C@@H]1CS(=O)(=O)C[C@@H]1NC(=O)C(F)(F)c1cnccn1. The standard InChI is InChI=1S/C11H13F2N3O3S/c1-7-5-20(18,19)6-8(7)16-10(17)11(12,13)9-4-14-2-3-15-9/h2-4,7-8H,5-6H2,1H3,(H,16,17)/t7-,8+/m1/s1. The van der Waals surface area contributed by atoms with Gasteiger partial charge in [-0.1, -0.05) is 6.92 Å². The van der Waals surface area contributed by atoms with Crippen LogP contribution in [0, 0.1) is 5.92 Å². The lowest BCUT2D eigenvalue weighted by Gasteiger charge is -2.20. The zero-order chi connectivity index (χ0) is 15.0. The third kappa shape index (κ3) is 2.92. The fourth-order valence-corrected chi connectivity index (χ4v) is 4.17. The van der Waals surface area contributed by atoms with Crippen LogP contribution in [0.25, 0.3) is 0 Å². The number of rotatable bonds is 3. The average Bonchev–Trinajstić information content (AvgIpc) is 2.63. The second-order valence-electron chi connectivity index (χ2n) is 4.80. The van der Waals surface area contributed by atoms with Gasteiger partial charge in [-0.05, 0) is 5.92 Å². The molecule has 0 unspecified atom stereocenters. The van der Waals surface area contributed by atoms with Crippen molar-refractivity contribution in [3.63, 3.8) is 0 Å². The van der Waals surface area contributed by atoms with Crippen molar-refractivity contribution in [2.75, 3.05) is 11.5 Å². The third-order valence-electron chi connectivity index (χ3n) is 3.12. The normalized spacial score (nSPS) is 25.4. The van der Waals surface area contributed by atoms with Gasteiger partial charge in [0.1, 0.15) is 5.69 Å². The fourth-order valence-electron chi connectivity index (χ4n) is 2.04. The molecule has 20 heavy (non-hydrogen) atoms. The van der Waals surface area contributed by atoms with Crippen LogP contribution < -0.4 is 5.32 Å². The molecule has 0 aliphatic carbocycles. The van der Waals surface area contributed by atoms with Crippen molar-refractivity contribution < 1.29 is 22.0 Å². The lowest BCUT2D eigenvalue weighted by Crippen LogP contribution is -2.46. The number of alkyl halides is 2. The second kappa shape index (κ2) is 5.04. The highest BCUT2D eigenvalue weighted by Crippen LogP contribution is 2.27. The topological polar surface area (TPSA) is 89.0 Å². The van der Waals surface area contributed by atoms with Gasteiger partial charge in [0, 0.05) is 18.4 Å². The number of nitrogens with one attached hydrogen (secondary N) is 1. The van der Waals surface area contributed by atoms with Crippen LogP contribution in [0.2, 0.25) is 0 Å². The van der Waals surface area contributed by atoms with Crippen molar-refractivity contribution >= 4 is 15.7 Å². The summed E-state index contributed by atoms with van der Waals surface area (Å²) in [6, 6.07) is -0.810. The summed E-state index contributed by atoms with van der Waals surface area (Å²) in [5.74, 6) is -6.25. The lowest BCUT2D eigenvalue weighted by atomic mass is 10.1. The van der Waals surface area contributed by atoms with Crippen molar-refractivity contribution in [1.29, 1.82) is 0 Å². The first-order chi connectivity index (χ1) is 9.22. The van der Waals surface area contributed by atoms with E-state index in [4.69, 9.17) is 0 Å². The van der Waals surface area contributed by atoms with Gasteiger partial charge < -0.3 is 5.32 Å². The highest BCUT2D eigenvalue weighted by Gasteiger charge is 2.46. The summed E-state index contributed by atoms with van der Waals surface area (Å²) in [5, 5.41) is 2.09. The Hall–Kier alpha value is -1.64. The maximum Gasteiger partial charge on any atom is 0.367 e. The number of hydrogen-bond donors (Lipinski definition) is 1. The Morgan fingerprint density at radius 3 is 2.60 bits per heavy atom. The molecule has 2 atom stereocenters. The molecule has 0 aromatic carbocycles. The molecule has 0 radical (unpaired) electrons. The molecule has 1 aromatic rings. The van der Waals surface area contributed by atoms with Crippen LogP contribution in [0.15, 0.2) is 18.6 Å². The molecule has 0 saturated carbocycles. The number of aromatic nitrogens is 2. The maximum absolute atomic E-state index is 13.9. The van der Waals surface area contributed by atoms with Crippen molar-refractivity contribution in [3.05, 3.63) is 24.3 Å². The average molecular weight is 305 g/mol. The Morgan fingerprint density at radius 1 is 1.40 bits per heavy atom. The number of sulfone groups is 1. The summed E-state index contributed by atoms with van der Waals surface area (Å²) in [6.07, 6.45) is 3.07. The van der Waals surface area contributed by atoms with Gasteiger partial charge in [-0.15, -0.1) is 0 Å². The number of hydrogen-bond acceptors (Lipinski definition) is 5. The van der Waals surface area contributed by atoms with E-state index in [-0.39, 0.29) is 11.5 Å². The van der Waals surface area contributed by atoms with E-state index in [1.165, 1.54) is 6.20 Å². The van der Waals surface area contributed by atoms with Crippen LogP contribution in [0.5, 0.6) is 0 Å². The van der Waals surface area contributed by atoms with Gasteiger partial charge in [0.25, 0.3) is 5.91 Å². The van der Waals surface area contributed by atoms with Gasteiger partial charge in [0.2, 0.25) is 0 Å². The second-order valence-corrected chi connectivity index (χ2v) is 6.95. The quantitative estimate of drug-likeness (QED) is 0.856. The van der Waals surface area contributed by atoms with E-state index < -0.39 is 39.3 Å². The van der Waals surface area contributed by atoms with Gasteiger partial charge >= 0.3 is 5.92 Å². The molecule has 1 fully saturated rings. The van der Waals surface area contributed by atoms with Gasteiger partial charge in [0.15, 0.2) is 9.84 Å². The summed E-state index contributed by atoms with van der Waals surface area (Å²) in [4.78, 5) is 18.5. The van der Waals surface area contributed by atoms with E-state index in [0.29, 0.717) is 0 Å². The van der Waals surface area contributed by atoms with E-state index >= 15 is 0 Å². The van der Waals surface area contributed by atoms with Gasteiger partial charge in [0.05, 0.1) is 17.7 Å². The molecule has 1 amide bonds. The predicted octanol–water partition coefficient (Wildman–Crippen LogP) is 0.118. The molecule has 0 spiro atoms. The Kier molecular flexibility index (Phi) is 3.72. The van der Waals surface area contributed by atoms with Crippen LogP contribution in [0.3, 0.4) is 0 Å². The Morgan fingerprint density at radius 2 is 2.10 bits per heavy atom. The minimum atomic E-state index is -3.85. The number of carbonyl (C=O) groups excluding carboxylic acids is 1. The molecule has 6 nitrogen and oxygen atoms in total. The Labute approximate surface area is 114 Å². The van der Waals surface area contributed by atoms with E-state index in [1.807, 2.05) is 0 Å². The smallest absolute Gasteiger partial charge is 0.346 e. The summed E-state index contributed by atoms with van der Waals surface area (Å²) in [6.45, 7) is 1.59. The van der Waals surface area contributed by atoms with E-state index in [2.05, 4.69) is 15.3 Å². The number of carbonyl (C=O) groups is 1. The fraction of sp³-hybridized carbons (Fsp3) is 0.545. The summed E-state index contributed by atoms with van der Waals surface area (Å²) in [7, 11) is -3.29. The Bertz CT molecular complexity index is 607. The van der Waals surface area contributed by atoms with Gasteiger partial charge in [-0.3, -0.25) is 14.8 Å². The number of halogens is 2. The zero-order valence-electron chi connectivity index (χ0n) is 10.6. The molecule has 1 aliphatic rings. The lowest BCUT2D eigenvalue weighted by molar-refractivity contribution is -0.148. The summed E-state index contributed by atoms with van der Waals surface area (Å²) >= 11 is 0. The zero-order valence-corrected chi connectivity index (χ0v) is 11.4. The molecule has 2 heterocycles. The minimum Gasteiger partial charge on any atom is -0.346 e. The molecular formula is C11H13F2N3O3S. The highest BCUT2D eigenvalue weighted by atomic mass is 32.2. The molecule has 110 valence electrons. The summed E-state index contributed by atoms with van der Waals surface area (Å²) < 4.78 is 50.5. The summed E-state index contributed by atoms with van der Waals surface area (Å²) in [5.41, 5.74) is -0.772. The van der Waals surface area contributed by atoms with Gasteiger partial charge in [-0.2, -0.15) is 8.78 Å². The predicted molar refractivity (Wildman–Crippen MR) is 65.7 cm³/mol. The third-order valence-corrected chi connectivity index (χ3v) is 5.02. The van der Waals surface area contributed by atoms with E-state index in [1.54, 1.807) is 6.92 Å². The monoisotopic (exact) mass is 305 g/mol. The van der Waals surface area contributed by atoms with Crippen molar-refractivity contribution in [2.45, 2.75) is 18.9 Å². The van der Waals surface area contributed by atoms with Crippen molar-refractivity contribution in [2.24, 2.45) is 5.92 Å². The molecule has 0 bridgehead atoms. The van der Waals surface area contributed by atoms with Crippen LogP contribution >= 0.6 is 0 Å². The Balaban J connectivity index is 2.13. The first-order valence-electron chi connectivity index (χ1n) is 5.88. The molecule has 9 heteroatoms. The van der Waals surface area contributed by atoms with Crippen molar-refractivity contribution in [1.82, 2.24) is 15.3 Å². The molecule has 2 rings (SSSR count). The molecule has 1 aliphatic heterocycles. The van der Waals surface area contributed by atoms with Crippen LogP contribution in [0.4, 0.5) is 8.78 Å². The minimum absolute atomic E-state index is 0.116. The molecule has 1 aromatic heterocycles. The molecule has 1 N–H and O–H groups in total. The van der Waals surface area contributed by atoms with Crippen LogP contribution in [-0.2, 0) is 20.6 Å². The number of nitrogens with zero attached hydrogens (tertiary/aromatic N) is 2. The maximum atomic E-state index is 13.9. The first kappa shape index (κ1) is 14.8. The highest BCUT2D eigenvalue weighted by molar-refractivity contribution is 7.91. The first-order valence-corrected chi connectivity index (χ1v) is 7.70. The van der Waals surface area contributed by atoms with Crippen LogP contribution in [0.1, 0.15) is 12.6 Å².